The minimum atomic E-state index is -0.364. The highest BCUT2D eigenvalue weighted by molar-refractivity contribution is 6.11. The molecule has 0 atom stereocenters. The molecular weight excluding hydrogens is 419 g/mol. The number of nitrogens with one attached hydrogen (secondary N) is 2. The third-order valence-electron chi connectivity index (χ3n) is 5.52. The summed E-state index contributed by atoms with van der Waals surface area (Å²) in [5.41, 5.74) is 3.82. The number of hydrogen-bond acceptors (Lipinski definition) is 3. The van der Waals surface area contributed by atoms with Crippen LogP contribution in [0.15, 0.2) is 71.1 Å². The van der Waals surface area contributed by atoms with Gasteiger partial charge in [-0.1, -0.05) is 31.5 Å². The Kier molecular flexibility index (Phi) is 6.54. The molecule has 0 saturated carbocycles. The van der Waals surface area contributed by atoms with Crippen molar-refractivity contribution in [3.8, 4) is 22.5 Å². The highest BCUT2D eigenvalue weighted by atomic mass is 19.1. The molecule has 4 aromatic rings. The minimum Gasteiger partial charge on any atom is -0.455 e. The number of amides is 2. The molecule has 4 rings (SSSR count). The highest BCUT2D eigenvalue weighted by Gasteiger charge is 2.22. The third-order valence-corrected chi connectivity index (χ3v) is 5.52. The Morgan fingerprint density at radius 3 is 2.36 bits per heavy atom. The second-order valence-electron chi connectivity index (χ2n) is 7.79. The molecule has 0 spiro atoms. The normalized spacial score (nSPS) is 10.9. The maximum Gasteiger partial charge on any atom is 0.255 e. The van der Waals surface area contributed by atoms with E-state index in [0.29, 0.717) is 40.0 Å². The van der Waals surface area contributed by atoms with Crippen molar-refractivity contribution in [1.29, 1.82) is 0 Å². The second-order valence-corrected chi connectivity index (χ2v) is 7.79. The molecule has 0 aliphatic carbocycles. The van der Waals surface area contributed by atoms with Crippen molar-refractivity contribution >= 4 is 22.8 Å². The molecule has 3 aromatic carbocycles. The molecule has 2 N–H and O–H groups in total. The Hall–Kier alpha value is -3.93. The lowest BCUT2D eigenvalue weighted by Crippen LogP contribution is -2.24. The zero-order valence-corrected chi connectivity index (χ0v) is 18.6. The number of unbranched alkanes of at least 4 members (excludes halogenated alkanes) is 1. The number of rotatable bonds is 7. The van der Waals surface area contributed by atoms with Gasteiger partial charge in [-0.25, -0.2) is 4.39 Å². The van der Waals surface area contributed by atoms with E-state index in [1.165, 1.54) is 12.1 Å². The Balaban J connectivity index is 1.77. The van der Waals surface area contributed by atoms with Gasteiger partial charge in [0.1, 0.15) is 17.2 Å². The molecule has 168 valence electrons. The van der Waals surface area contributed by atoms with E-state index in [9.17, 15) is 14.0 Å². The molecule has 1 heterocycles. The molecule has 1 aromatic heterocycles. The lowest BCUT2D eigenvalue weighted by molar-refractivity contribution is 0.0949. The molecule has 0 unspecified atom stereocenters. The van der Waals surface area contributed by atoms with Gasteiger partial charge in [0.05, 0.1) is 5.56 Å². The van der Waals surface area contributed by atoms with Gasteiger partial charge in [-0.15, -0.1) is 0 Å². The lowest BCUT2D eigenvalue weighted by atomic mass is 9.99. The summed E-state index contributed by atoms with van der Waals surface area (Å²) in [5.74, 6) is -0.392. The Morgan fingerprint density at radius 2 is 1.64 bits per heavy atom. The topological polar surface area (TPSA) is 71.3 Å². The molecular formula is C27H25FN2O3. The van der Waals surface area contributed by atoms with E-state index in [0.717, 1.165) is 24.0 Å². The van der Waals surface area contributed by atoms with Crippen molar-refractivity contribution in [2.45, 2.75) is 19.8 Å². The SMILES string of the molecule is CCCCNC(=O)c1cccc(-c2ccc3oc(-c4ccc(F)cc4)c(C(=O)NC)c3c2)c1. The van der Waals surface area contributed by atoms with Crippen molar-refractivity contribution in [2.75, 3.05) is 13.6 Å². The molecule has 0 fully saturated rings. The molecule has 5 nitrogen and oxygen atoms in total. The fourth-order valence-electron chi connectivity index (χ4n) is 3.75. The van der Waals surface area contributed by atoms with Crippen LogP contribution in [-0.2, 0) is 0 Å². The Morgan fingerprint density at radius 1 is 0.909 bits per heavy atom. The Bertz CT molecular complexity index is 1310. The van der Waals surface area contributed by atoms with Crippen LogP contribution in [0.5, 0.6) is 0 Å². The molecule has 0 radical (unpaired) electrons. The summed E-state index contributed by atoms with van der Waals surface area (Å²) in [5, 5.41) is 6.24. The summed E-state index contributed by atoms with van der Waals surface area (Å²) in [6.45, 7) is 2.72. The van der Waals surface area contributed by atoms with Crippen LogP contribution in [0.25, 0.3) is 33.4 Å². The second kappa shape index (κ2) is 9.69. The van der Waals surface area contributed by atoms with E-state index < -0.39 is 0 Å². The summed E-state index contributed by atoms with van der Waals surface area (Å²) in [6, 6.07) is 18.8. The summed E-state index contributed by atoms with van der Waals surface area (Å²) in [6.07, 6.45) is 1.94. The monoisotopic (exact) mass is 444 g/mol. The lowest BCUT2D eigenvalue weighted by Gasteiger charge is -2.07. The largest absolute Gasteiger partial charge is 0.455 e. The van der Waals surface area contributed by atoms with Crippen molar-refractivity contribution in [3.63, 3.8) is 0 Å². The summed E-state index contributed by atoms with van der Waals surface area (Å²) in [7, 11) is 1.56. The van der Waals surface area contributed by atoms with Crippen LogP contribution in [0.4, 0.5) is 4.39 Å². The van der Waals surface area contributed by atoms with Gasteiger partial charge in [0, 0.05) is 30.1 Å². The van der Waals surface area contributed by atoms with Crippen molar-refractivity contribution in [2.24, 2.45) is 0 Å². The number of benzene rings is 3. The van der Waals surface area contributed by atoms with Crippen molar-refractivity contribution < 1.29 is 18.4 Å². The molecule has 0 aliphatic rings. The van der Waals surface area contributed by atoms with Gasteiger partial charge >= 0.3 is 0 Å². The quantitative estimate of drug-likeness (QED) is 0.354. The van der Waals surface area contributed by atoms with Crippen LogP contribution in [-0.4, -0.2) is 25.4 Å². The molecule has 6 heteroatoms. The van der Waals surface area contributed by atoms with Crippen molar-refractivity contribution in [3.05, 3.63) is 83.7 Å². The average Bonchev–Trinajstić information content (AvgIpc) is 3.23. The van der Waals surface area contributed by atoms with Crippen molar-refractivity contribution in [1.82, 2.24) is 10.6 Å². The summed E-state index contributed by atoms with van der Waals surface area (Å²) >= 11 is 0. The van der Waals surface area contributed by atoms with Gasteiger partial charge < -0.3 is 15.1 Å². The first-order chi connectivity index (χ1) is 16.0. The van der Waals surface area contributed by atoms with Gasteiger partial charge in [0.2, 0.25) is 0 Å². The number of hydrogen-bond donors (Lipinski definition) is 2. The van der Waals surface area contributed by atoms with Crippen LogP contribution >= 0.6 is 0 Å². The average molecular weight is 445 g/mol. The number of furan rings is 1. The maximum absolute atomic E-state index is 13.4. The van der Waals surface area contributed by atoms with Crippen LogP contribution < -0.4 is 10.6 Å². The van der Waals surface area contributed by atoms with Gasteiger partial charge in [0.15, 0.2) is 0 Å². The Labute approximate surface area is 191 Å². The first-order valence-corrected chi connectivity index (χ1v) is 10.9. The number of fused-ring (bicyclic) bond motifs is 1. The van der Waals surface area contributed by atoms with Gasteiger partial charge in [-0.3, -0.25) is 9.59 Å². The number of halogens is 1. The molecule has 0 aliphatic heterocycles. The van der Waals surface area contributed by atoms with Crippen LogP contribution in [0, 0.1) is 5.82 Å². The van der Waals surface area contributed by atoms with E-state index in [-0.39, 0.29) is 17.6 Å². The zero-order chi connectivity index (χ0) is 23.4. The predicted molar refractivity (Wildman–Crippen MR) is 128 cm³/mol. The first-order valence-electron chi connectivity index (χ1n) is 10.9. The van der Waals surface area contributed by atoms with Crippen LogP contribution in [0.3, 0.4) is 0 Å². The fourth-order valence-corrected chi connectivity index (χ4v) is 3.75. The van der Waals surface area contributed by atoms with Gasteiger partial charge in [-0.05, 0) is 66.1 Å². The predicted octanol–water partition coefficient (Wildman–Crippen LogP) is 5.80. The smallest absolute Gasteiger partial charge is 0.255 e. The van der Waals surface area contributed by atoms with E-state index >= 15 is 0 Å². The number of carbonyl (C=O) groups is 2. The minimum absolute atomic E-state index is 0.112. The molecule has 33 heavy (non-hydrogen) atoms. The van der Waals surface area contributed by atoms with Gasteiger partial charge in [-0.2, -0.15) is 0 Å². The zero-order valence-electron chi connectivity index (χ0n) is 18.6. The van der Waals surface area contributed by atoms with Crippen LogP contribution in [0.2, 0.25) is 0 Å². The molecule has 2 amide bonds. The summed E-state index contributed by atoms with van der Waals surface area (Å²) in [4.78, 5) is 25.2. The highest BCUT2D eigenvalue weighted by Crippen LogP contribution is 2.36. The van der Waals surface area contributed by atoms with E-state index in [2.05, 4.69) is 17.6 Å². The maximum atomic E-state index is 13.4. The molecule has 0 saturated heterocycles. The van der Waals surface area contributed by atoms with E-state index in [1.54, 1.807) is 31.3 Å². The van der Waals surface area contributed by atoms with E-state index in [4.69, 9.17) is 4.42 Å². The third kappa shape index (κ3) is 4.65. The summed E-state index contributed by atoms with van der Waals surface area (Å²) < 4.78 is 19.4. The molecule has 0 bridgehead atoms. The fraction of sp³-hybridized carbons (Fsp3) is 0.185. The standard InChI is InChI=1S/C27H25FN2O3/c1-3-4-14-30-26(31)20-7-5-6-18(15-20)19-10-13-23-22(16-19)24(27(32)29-2)25(33-23)17-8-11-21(28)12-9-17/h5-13,15-16H,3-4,14H2,1-2H3,(H,29,32)(H,30,31). The number of carbonyl (C=O) groups excluding carboxylic acids is 2. The van der Waals surface area contributed by atoms with E-state index in [1.807, 2.05) is 30.3 Å². The first kappa shape index (κ1) is 22.3. The van der Waals surface area contributed by atoms with Gasteiger partial charge in [0.25, 0.3) is 11.8 Å². The van der Waals surface area contributed by atoms with Crippen LogP contribution in [0.1, 0.15) is 40.5 Å².